The molecule has 14 heavy (non-hydrogen) atoms. The summed E-state index contributed by atoms with van der Waals surface area (Å²) in [6, 6.07) is 0. The molecule has 84 valence electrons. The van der Waals surface area contributed by atoms with E-state index in [4.69, 9.17) is 5.73 Å². The maximum Gasteiger partial charge on any atom is 0.232 e. The van der Waals surface area contributed by atoms with Gasteiger partial charge in [-0.2, -0.15) is 11.8 Å². The summed E-state index contributed by atoms with van der Waals surface area (Å²) in [5.74, 6) is 0.774. The molecule has 0 aliphatic rings. The van der Waals surface area contributed by atoms with Crippen LogP contribution in [0.1, 0.15) is 20.8 Å². The van der Waals surface area contributed by atoms with E-state index in [9.17, 15) is 4.79 Å². The molecule has 1 amide bonds. The number of nitrogens with two attached hydrogens (primary N) is 1. The van der Waals surface area contributed by atoms with Gasteiger partial charge in [0.05, 0.1) is 5.75 Å². The van der Waals surface area contributed by atoms with E-state index in [2.05, 4.69) is 13.8 Å². The van der Waals surface area contributed by atoms with Gasteiger partial charge in [-0.15, -0.1) is 0 Å². The molecule has 0 fully saturated rings. The van der Waals surface area contributed by atoms with Crippen LogP contribution in [0, 0.1) is 5.41 Å². The number of thioether (sulfide) groups is 1. The van der Waals surface area contributed by atoms with E-state index in [0.29, 0.717) is 12.3 Å². The van der Waals surface area contributed by atoms with Crippen LogP contribution in [-0.2, 0) is 4.79 Å². The highest BCUT2D eigenvalue weighted by molar-refractivity contribution is 7.99. The Kier molecular flexibility index (Phi) is 6.20. The first kappa shape index (κ1) is 13.8. The number of hydrogen-bond acceptors (Lipinski definition) is 3. The van der Waals surface area contributed by atoms with Crippen LogP contribution in [0.2, 0.25) is 0 Å². The number of rotatable bonds is 6. The van der Waals surface area contributed by atoms with Crippen molar-refractivity contribution < 1.29 is 4.79 Å². The van der Waals surface area contributed by atoms with Crippen molar-refractivity contribution in [2.24, 2.45) is 11.1 Å². The van der Waals surface area contributed by atoms with E-state index in [0.717, 1.165) is 13.1 Å². The second kappa shape index (κ2) is 6.30. The Morgan fingerprint density at radius 3 is 2.43 bits per heavy atom. The van der Waals surface area contributed by atoms with Gasteiger partial charge in [0.15, 0.2) is 0 Å². The Balaban J connectivity index is 4.21. The lowest BCUT2D eigenvalue weighted by molar-refractivity contribution is -0.129. The molecule has 0 heterocycles. The van der Waals surface area contributed by atoms with Crippen LogP contribution in [0.25, 0.3) is 0 Å². The minimum atomic E-state index is 0.0179. The molecule has 0 spiro atoms. The molecule has 0 aromatic heterocycles. The fourth-order valence-electron chi connectivity index (χ4n) is 1.17. The van der Waals surface area contributed by atoms with Crippen molar-refractivity contribution in [3.05, 3.63) is 0 Å². The lowest BCUT2D eigenvalue weighted by atomic mass is 9.93. The second-order valence-electron chi connectivity index (χ2n) is 4.21. The lowest BCUT2D eigenvalue weighted by Crippen LogP contribution is -2.42. The van der Waals surface area contributed by atoms with Gasteiger partial charge in [-0.3, -0.25) is 4.79 Å². The van der Waals surface area contributed by atoms with Crippen LogP contribution in [0.3, 0.4) is 0 Å². The van der Waals surface area contributed by atoms with Crippen molar-refractivity contribution in [3.8, 4) is 0 Å². The van der Waals surface area contributed by atoms with Crippen molar-refractivity contribution in [3.63, 3.8) is 0 Å². The number of carbonyl (C=O) groups is 1. The first-order chi connectivity index (χ1) is 6.46. The zero-order chi connectivity index (χ0) is 11.2. The summed E-state index contributed by atoms with van der Waals surface area (Å²) in [4.78, 5) is 13.5. The summed E-state index contributed by atoms with van der Waals surface area (Å²) in [5, 5.41) is 0. The highest BCUT2D eigenvalue weighted by Crippen LogP contribution is 2.15. The molecule has 0 aliphatic carbocycles. The van der Waals surface area contributed by atoms with E-state index < -0.39 is 0 Å². The van der Waals surface area contributed by atoms with Crippen LogP contribution >= 0.6 is 11.8 Å². The van der Waals surface area contributed by atoms with Gasteiger partial charge in [0.1, 0.15) is 0 Å². The van der Waals surface area contributed by atoms with Crippen LogP contribution in [-0.4, -0.2) is 42.4 Å². The molecular formula is C10H22N2OS. The van der Waals surface area contributed by atoms with Crippen molar-refractivity contribution in [2.45, 2.75) is 20.8 Å². The highest BCUT2D eigenvalue weighted by Gasteiger charge is 2.22. The SMILES string of the molecule is CCN(CC(C)(C)CN)C(=O)CSC. The lowest BCUT2D eigenvalue weighted by Gasteiger charge is -2.31. The summed E-state index contributed by atoms with van der Waals surface area (Å²) >= 11 is 1.56. The van der Waals surface area contributed by atoms with E-state index in [1.54, 1.807) is 11.8 Å². The Bertz CT molecular complexity index is 183. The second-order valence-corrected chi connectivity index (χ2v) is 5.08. The molecule has 0 bridgehead atoms. The van der Waals surface area contributed by atoms with Crippen LogP contribution < -0.4 is 5.73 Å². The predicted octanol–water partition coefficient (Wildman–Crippen LogP) is 1.18. The fraction of sp³-hybridized carbons (Fsp3) is 0.900. The van der Waals surface area contributed by atoms with Gasteiger partial charge in [-0.1, -0.05) is 13.8 Å². The van der Waals surface area contributed by atoms with Crippen LogP contribution in [0.5, 0.6) is 0 Å². The largest absolute Gasteiger partial charge is 0.342 e. The third kappa shape index (κ3) is 4.86. The van der Waals surface area contributed by atoms with Gasteiger partial charge < -0.3 is 10.6 Å². The molecule has 0 rings (SSSR count). The third-order valence-electron chi connectivity index (χ3n) is 2.17. The van der Waals surface area contributed by atoms with Crippen molar-refractivity contribution in [2.75, 3.05) is 31.6 Å². The first-order valence-electron chi connectivity index (χ1n) is 4.93. The summed E-state index contributed by atoms with van der Waals surface area (Å²) in [6.07, 6.45) is 1.94. The number of nitrogens with zero attached hydrogens (tertiary/aromatic N) is 1. The Labute approximate surface area is 91.4 Å². The van der Waals surface area contributed by atoms with Crippen LogP contribution in [0.15, 0.2) is 0 Å². The number of carbonyl (C=O) groups excluding carboxylic acids is 1. The van der Waals surface area contributed by atoms with Crippen molar-refractivity contribution >= 4 is 17.7 Å². The third-order valence-corrected chi connectivity index (χ3v) is 2.71. The average molecular weight is 218 g/mol. The van der Waals surface area contributed by atoms with Gasteiger partial charge in [0.2, 0.25) is 5.91 Å². The molecular weight excluding hydrogens is 196 g/mol. The van der Waals surface area contributed by atoms with Crippen molar-refractivity contribution in [1.29, 1.82) is 0 Å². The average Bonchev–Trinajstić information content (AvgIpc) is 2.14. The van der Waals surface area contributed by atoms with E-state index in [1.165, 1.54) is 0 Å². The Morgan fingerprint density at radius 1 is 1.50 bits per heavy atom. The molecule has 0 saturated heterocycles. The number of amides is 1. The van der Waals surface area contributed by atoms with Gasteiger partial charge >= 0.3 is 0 Å². The predicted molar refractivity (Wildman–Crippen MR) is 63.5 cm³/mol. The summed E-state index contributed by atoms with van der Waals surface area (Å²) in [5.41, 5.74) is 5.66. The smallest absolute Gasteiger partial charge is 0.232 e. The normalized spacial score (nSPS) is 11.5. The molecule has 3 nitrogen and oxygen atoms in total. The summed E-state index contributed by atoms with van der Waals surface area (Å²) < 4.78 is 0. The molecule has 0 radical (unpaired) electrons. The topological polar surface area (TPSA) is 46.3 Å². The quantitative estimate of drug-likeness (QED) is 0.728. The van der Waals surface area contributed by atoms with Gasteiger partial charge in [-0.25, -0.2) is 0 Å². The summed E-state index contributed by atoms with van der Waals surface area (Å²) in [7, 11) is 0. The maximum absolute atomic E-state index is 11.6. The molecule has 0 aromatic carbocycles. The Hall–Kier alpha value is -0.220. The minimum Gasteiger partial charge on any atom is -0.342 e. The van der Waals surface area contributed by atoms with E-state index in [1.807, 2.05) is 18.1 Å². The van der Waals surface area contributed by atoms with Gasteiger partial charge in [-0.05, 0) is 25.1 Å². The standard InChI is InChI=1S/C10H22N2OS/c1-5-12(9(13)6-14-4)8-10(2,3)7-11/h5-8,11H2,1-4H3. The fourth-order valence-corrected chi connectivity index (χ4v) is 1.60. The maximum atomic E-state index is 11.6. The molecule has 0 saturated carbocycles. The molecule has 0 unspecified atom stereocenters. The monoisotopic (exact) mass is 218 g/mol. The molecule has 4 heteroatoms. The Morgan fingerprint density at radius 2 is 2.07 bits per heavy atom. The zero-order valence-electron chi connectivity index (χ0n) is 9.67. The molecule has 0 atom stereocenters. The summed E-state index contributed by atoms with van der Waals surface area (Å²) in [6.45, 7) is 8.30. The minimum absolute atomic E-state index is 0.0179. The van der Waals surface area contributed by atoms with E-state index >= 15 is 0 Å². The molecule has 0 aliphatic heterocycles. The highest BCUT2D eigenvalue weighted by atomic mass is 32.2. The number of hydrogen-bond donors (Lipinski definition) is 1. The first-order valence-corrected chi connectivity index (χ1v) is 6.33. The van der Waals surface area contributed by atoms with Crippen molar-refractivity contribution in [1.82, 2.24) is 4.90 Å². The zero-order valence-corrected chi connectivity index (χ0v) is 10.5. The van der Waals surface area contributed by atoms with Crippen LogP contribution in [0.4, 0.5) is 0 Å². The molecule has 0 aromatic rings. The van der Waals surface area contributed by atoms with Gasteiger partial charge in [0.25, 0.3) is 0 Å². The van der Waals surface area contributed by atoms with E-state index in [-0.39, 0.29) is 11.3 Å². The van der Waals surface area contributed by atoms with Gasteiger partial charge in [0, 0.05) is 13.1 Å². The molecule has 2 N–H and O–H groups in total.